The van der Waals surface area contributed by atoms with Crippen LogP contribution in [0.1, 0.15) is 24.6 Å². The molecule has 0 atom stereocenters. The van der Waals surface area contributed by atoms with Crippen LogP contribution in [0.2, 0.25) is 5.02 Å². The van der Waals surface area contributed by atoms with Crippen LogP contribution in [0.5, 0.6) is 0 Å². The predicted octanol–water partition coefficient (Wildman–Crippen LogP) is 2.04. The summed E-state index contributed by atoms with van der Waals surface area (Å²) in [5.74, 6) is 0.529. The molecule has 1 fully saturated rings. The Morgan fingerprint density at radius 3 is 2.89 bits per heavy atom. The summed E-state index contributed by atoms with van der Waals surface area (Å²) in [5.41, 5.74) is 0.647. The summed E-state index contributed by atoms with van der Waals surface area (Å²) in [5, 5.41) is 21.3. The van der Waals surface area contributed by atoms with Crippen LogP contribution < -0.4 is 0 Å². The van der Waals surface area contributed by atoms with Gasteiger partial charge >= 0.3 is 0 Å². The van der Waals surface area contributed by atoms with E-state index < -0.39 is 0 Å². The molecule has 1 amide bonds. The molecule has 2 aromatic heterocycles. The van der Waals surface area contributed by atoms with Crippen molar-refractivity contribution in [3.63, 3.8) is 0 Å². The number of aromatic nitrogens is 5. The topological polar surface area (TPSA) is 114 Å². The molecule has 0 N–H and O–H groups in total. The molecule has 0 unspecified atom stereocenters. The zero-order chi connectivity index (χ0) is 18.8. The number of nitriles is 1. The Bertz CT molecular complexity index is 1020. The summed E-state index contributed by atoms with van der Waals surface area (Å²) in [4.78, 5) is 18.2. The number of hydrogen-bond donors (Lipinski definition) is 0. The van der Waals surface area contributed by atoms with Gasteiger partial charge in [0.05, 0.1) is 17.1 Å². The maximum absolute atomic E-state index is 12.7. The molecule has 1 aliphatic rings. The molecule has 27 heavy (non-hydrogen) atoms. The lowest BCUT2D eigenvalue weighted by Crippen LogP contribution is -2.35. The van der Waals surface area contributed by atoms with E-state index in [-0.39, 0.29) is 30.9 Å². The number of carbonyl (C=O) groups excluding carboxylic acids is 1. The highest BCUT2D eigenvalue weighted by Gasteiger charge is 2.34. The van der Waals surface area contributed by atoms with E-state index in [1.165, 1.54) is 11.0 Å². The lowest BCUT2D eigenvalue weighted by molar-refractivity contribution is -0.133. The van der Waals surface area contributed by atoms with Crippen molar-refractivity contribution in [3.8, 4) is 17.5 Å². The summed E-state index contributed by atoms with van der Waals surface area (Å²) < 4.78 is 7.05. The molecule has 136 valence electrons. The Morgan fingerprint density at radius 1 is 1.37 bits per heavy atom. The smallest absolute Gasteiger partial charge is 0.252 e. The van der Waals surface area contributed by atoms with Gasteiger partial charge in [-0.15, -0.1) is 15.3 Å². The van der Waals surface area contributed by atoms with E-state index in [0.717, 1.165) is 12.8 Å². The minimum absolute atomic E-state index is 0.00329. The monoisotopic (exact) mass is 383 g/mol. The molecule has 0 radical (unpaired) electrons. The first-order chi connectivity index (χ1) is 13.1. The minimum atomic E-state index is -0.149. The van der Waals surface area contributed by atoms with Gasteiger partial charge in [-0.05, 0) is 25.0 Å². The zero-order valence-corrected chi connectivity index (χ0v) is 14.9. The molecule has 4 rings (SSSR count). The number of rotatable bonds is 6. The van der Waals surface area contributed by atoms with Crippen LogP contribution in [0.15, 0.2) is 35.0 Å². The second kappa shape index (κ2) is 7.17. The number of nitrogens with zero attached hydrogens (tertiary/aromatic N) is 7. The van der Waals surface area contributed by atoms with Crippen molar-refractivity contribution in [2.24, 2.45) is 0 Å². The van der Waals surface area contributed by atoms with E-state index in [9.17, 15) is 4.79 Å². The molecule has 1 aromatic carbocycles. The number of benzene rings is 1. The van der Waals surface area contributed by atoms with Crippen molar-refractivity contribution in [2.75, 3.05) is 0 Å². The molecule has 3 aromatic rings. The molecule has 1 saturated carbocycles. The minimum Gasteiger partial charge on any atom is -0.419 e. The summed E-state index contributed by atoms with van der Waals surface area (Å²) in [6.45, 7) is 0.206. The summed E-state index contributed by atoms with van der Waals surface area (Å²) in [6.07, 6.45) is 3.22. The number of halogens is 1. The average molecular weight is 384 g/mol. The maximum Gasteiger partial charge on any atom is 0.252 e. The number of carbonyl (C=O) groups is 1. The normalized spacial score (nSPS) is 13.3. The quantitative estimate of drug-likeness (QED) is 0.639. The molecular formula is C17H14ClN7O2. The standard InChI is InChI=1S/C17H14ClN7O2/c18-13-4-2-1-3-12(13)17-22-21-15(27-17)8-25(11-5-6-11)16(26)9-24-10-20-14(7-19)23-24/h1-4,10-11H,5-6,8-9H2. The van der Waals surface area contributed by atoms with Crippen LogP contribution in [0.3, 0.4) is 0 Å². The van der Waals surface area contributed by atoms with Crippen LogP contribution in [0, 0.1) is 11.3 Å². The van der Waals surface area contributed by atoms with E-state index in [0.29, 0.717) is 22.4 Å². The fraction of sp³-hybridized carbons (Fsp3) is 0.294. The maximum atomic E-state index is 12.7. The van der Waals surface area contributed by atoms with Crippen LogP contribution in [0.4, 0.5) is 0 Å². The first kappa shape index (κ1) is 17.2. The van der Waals surface area contributed by atoms with Crippen LogP contribution in [-0.4, -0.2) is 41.8 Å². The van der Waals surface area contributed by atoms with Gasteiger partial charge in [-0.3, -0.25) is 4.79 Å². The van der Waals surface area contributed by atoms with Gasteiger partial charge in [0.15, 0.2) is 0 Å². The second-order valence-electron chi connectivity index (χ2n) is 6.11. The van der Waals surface area contributed by atoms with Crippen molar-refractivity contribution >= 4 is 17.5 Å². The molecule has 0 spiro atoms. The van der Waals surface area contributed by atoms with Crippen molar-refractivity contribution in [1.82, 2.24) is 29.9 Å². The van der Waals surface area contributed by atoms with Gasteiger partial charge in [0.1, 0.15) is 18.9 Å². The van der Waals surface area contributed by atoms with Crippen LogP contribution in [-0.2, 0) is 17.9 Å². The molecule has 9 nitrogen and oxygen atoms in total. The number of amides is 1. The Morgan fingerprint density at radius 2 is 2.19 bits per heavy atom. The highest BCUT2D eigenvalue weighted by Crippen LogP contribution is 2.30. The molecule has 2 heterocycles. The first-order valence-corrected chi connectivity index (χ1v) is 8.68. The van der Waals surface area contributed by atoms with E-state index in [4.69, 9.17) is 21.3 Å². The Labute approximate surface area is 159 Å². The fourth-order valence-electron chi connectivity index (χ4n) is 2.67. The lowest BCUT2D eigenvalue weighted by Gasteiger charge is -2.20. The molecule has 0 bridgehead atoms. The Balaban J connectivity index is 1.48. The lowest BCUT2D eigenvalue weighted by atomic mass is 10.2. The van der Waals surface area contributed by atoms with Gasteiger partial charge in [-0.2, -0.15) is 5.26 Å². The summed E-state index contributed by atoms with van der Waals surface area (Å²) in [6, 6.07) is 9.17. The van der Waals surface area contributed by atoms with Crippen LogP contribution >= 0.6 is 11.6 Å². The molecule has 10 heteroatoms. The van der Waals surface area contributed by atoms with E-state index in [1.54, 1.807) is 17.0 Å². The largest absolute Gasteiger partial charge is 0.419 e. The molecule has 0 aliphatic heterocycles. The van der Waals surface area contributed by atoms with Gasteiger partial charge in [0, 0.05) is 6.04 Å². The predicted molar refractivity (Wildman–Crippen MR) is 93.1 cm³/mol. The van der Waals surface area contributed by atoms with Crippen molar-refractivity contribution in [2.45, 2.75) is 32.0 Å². The summed E-state index contributed by atoms with van der Waals surface area (Å²) in [7, 11) is 0. The molecule has 1 aliphatic carbocycles. The fourth-order valence-corrected chi connectivity index (χ4v) is 2.88. The van der Waals surface area contributed by atoms with E-state index >= 15 is 0 Å². The third-order valence-electron chi connectivity index (χ3n) is 4.12. The van der Waals surface area contributed by atoms with Crippen LogP contribution in [0.25, 0.3) is 11.5 Å². The highest BCUT2D eigenvalue weighted by atomic mass is 35.5. The van der Waals surface area contributed by atoms with Gasteiger partial charge in [-0.1, -0.05) is 23.7 Å². The third kappa shape index (κ3) is 3.80. The number of hydrogen-bond acceptors (Lipinski definition) is 7. The summed E-state index contributed by atoms with van der Waals surface area (Å²) >= 11 is 6.16. The van der Waals surface area contributed by atoms with E-state index in [2.05, 4.69) is 20.3 Å². The average Bonchev–Trinajstić information content (AvgIpc) is 3.23. The van der Waals surface area contributed by atoms with Crippen molar-refractivity contribution in [3.05, 3.63) is 47.3 Å². The molecule has 0 saturated heterocycles. The Kier molecular flexibility index (Phi) is 4.56. The van der Waals surface area contributed by atoms with Gasteiger partial charge in [0.25, 0.3) is 5.82 Å². The van der Waals surface area contributed by atoms with Crippen molar-refractivity contribution < 1.29 is 9.21 Å². The Hall–Kier alpha value is -3.25. The van der Waals surface area contributed by atoms with E-state index in [1.807, 2.05) is 18.2 Å². The third-order valence-corrected chi connectivity index (χ3v) is 4.45. The van der Waals surface area contributed by atoms with Crippen molar-refractivity contribution in [1.29, 1.82) is 5.26 Å². The van der Waals surface area contributed by atoms with Gasteiger partial charge in [0.2, 0.25) is 17.7 Å². The SMILES string of the molecule is N#Cc1ncn(CC(=O)N(Cc2nnc(-c3ccccc3Cl)o2)C2CC2)n1. The zero-order valence-electron chi connectivity index (χ0n) is 14.1. The second-order valence-corrected chi connectivity index (χ2v) is 6.52. The molecular weight excluding hydrogens is 370 g/mol. The van der Waals surface area contributed by atoms with Gasteiger partial charge < -0.3 is 9.32 Å². The van der Waals surface area contributed by atoms with Gasteiger partial charge in [-0.25, -0.2) is 9.67 Å². The first-order valence-electron chi connectivity index (χ1n) is 8.30. The highest BCUT2D eigenvalue weighted by molar-refractivity contribution is 6.33.